The number of nitriles is 1. The molecule has 0 aliphatic carbocycles. The molecule has 1 aromatic heterocycles. The number of pyridine rings is 1. The number of hydrogen-bond donors (Lipinski definition) is 0. The fraction of sp³-hybridized carbons (Fsp3) is 0.538. The Balaban J connectivity index is 2.20. The molecule has 0 saturated carbocycles. The SMILES string of the molecule is CCC1COC(C)CN1c1ccc(C#N)cn1. The molecule has 2 atom stereocenters. The summed E-state index contributed by atoms with van der Waals surface area (Å²) >= 11 is 0. The lowest BCUT2D eigenvalue weighted by Crippen LogP contribution is -2.49. The Bertz CT molecular complexity index is 410. The first-order valence-electron chi connectivity index (χ1n) is 5.99. The van der Waals surface area contributed by atoms with Gasteiger partial charge in [-0.2, -0.15) is 5.26 Å². The van der Waals surface area contributed by atoms with Crippen molar-refractivity contribution in [3.63, 3.8) is 0 Å². The standard InChI is InChI=1S/C13H17N3O/c1-3-12-9-17-10(2)8-16(12)13-5-4-11(6-14)7-15-13/h4-5,7,10,12H,3,8-9H2,1-2H3. The molecule has 0 bridgehead atoms. The summed E-state index contributed by atoms with van der Waals surface area (Å²) in [6.07, 6.45) is 2.89. The van der Waals surface area contributed by atoms with E-state index in [1.165, 1.54) is 0 Å². The molecule has 1 fully saturated rings. The van der Waals surface area contributed by atoms with Crippen molar-refractivity contribution >= 4 is 5.82 Å². The average molecular weight is 231 g/mol. The predicted octanol–water partition coefficient (Wildman–Crippen LogP) is 1.96. The molecule has 2 rings (SSSR count). The quantitative estimate of drug-likeness (QED) is 0.780. The molecular formula is C13H17N3O. The third-order valence-corrected chi connectivity index (χ3v) is 3.11. The van der Waals surface area contributed by atoms with Gasteiger partial charge in [-0.05, 0) is 25.5 Å². The monoisotopic (exact) mass is 231 g/mol. The van der Waals surface area contributed by atoms with E-state index in [9.17, 15) is 0 Å². The zero-order valence-corrected chi connectivity index (χ0v) is 10.3. The lowest BCUT2D eigenvalue weighted by atomic mass is 10.1. The fourth-order valence-corrected chi connectivity index (χ4v) is 2.09. The van der Waals surface area contributed by atoms with E-state index in [1.54, 1.807) is 6.20 Å². The highest BCUT2D eigenvalue weighted by atomic mass is 16.5. The van der Waals surface area contributed by atoms with Crippen molar-refractivity contribution in [1.82, 2.24) is 4.98 Å². The third kappa shape index (κ3) is 2.56. The molecule has 4 heteroatoms. The van der Waals surface area contributed by atoms with Crippen LogP contribution in [0.3, 0.4) is 0 Å². The Morgan fingerprint density at radius 1 is 1.59 bits per heavy atom. The summed E-state index contributed by atoms with van der Waals surface area (Å²) in [7, 11) is 0. The Morgan fingerprint density at radius 3 is 3.00 bits per heavy atom. The molecule has 1 saturated heterocycles. The van der Waals surface area contributed by atoms with Gasteiger partial charge in [-0.25, -0.2) is 4.98 Å². The van der Waals surface area contributed by atoms with E-state index < -0.39 is 0 Å². The smallest absolute Gasteiger partial charge is 0.128 e. The van der Waals surface area contributed by atoms with E-state index >= 15 is 0 Å². The highest BCUT2D eigenvalue weighted by Crippen LogP contribution is 2.21. The molecule has 1 aromatic rings. The van der Waals surface area contributed by atoms with Crippen molar-refractivity contribution in [3.8, 4) is 6.07 Å². The van der Waals surface area contributed by atoms with Gasteiger partial charge in [0.15, 0.2) is 0 Å². The van der Waals surface area contributed by atoms with E-state index in [4.69, 9.17) is 10.00 Å². The summed E-state index contributed by atoms with van der Waals surface area (Å²) in [6.45, 7) is 5.83. The first-order chi connectivity index (χ1) is 8.24. The van der Waals surface area contributed by atoms with Crippen molar-refractivity contribution in [2.45, 2.75) is 32.4 Å². The molecule has 0 aromatic carbocycles. The Morgan fingerprint density at radius 2 is 2.41 bits per heavy atom. The van der Waals surface area contributed by atoms with E-state index in [-0.39, 0.29) is 6.10 Å². The minimum Gasteiger partial charge on any atom is -0.375 e. The highest BCUT2D eigenvalue weighted by Gasteiger charge is 2.26. The van der Waals surface area contributed by atoms with Crippen molar-refractivity contribution in [2.75, 3.05) is 18.1 Å². The summed E-state index contributed by atoms with van der Waals surface area (Å²) < 4.78 is 5.66. The van der Waals surface area contributed by atoms with Crippen molar-refractivity contribution in [1.29, 1.82) is 5.26 Å². The molecule has 0 spiro atoms. The van der Waals surface area contributed by atoms with Gasteiger partial charge in [-0.15, -0.1) is 0 Å². The van der Waals surface area contributed by atoms with Gasteiger partial charge in [0, 0.05) is 12.7 Å². The molecule has 2 heterocycles. The second-order valence-electron chi connectivity index (χ2n) is 4.38. The number of morpholine rings is 1. The number of hydrogen-bond acceptors (Lipinski definition) is 4. The van der Waals surface area contributed by atoms with Gasteiger partial charge in [-0.1, -0.05) is 6.92 Å². The lowest BCUT2D eigenvalue weighted by molar-refractivity contribution is 0.0296. The minimum atomic E-state index is 0.232. The highest BCUT2D eigenvalue weighted by molar-refractivity contribution is 5.43. The molecule has 0 N–H and O–H groups in total. The van der Waals surface area contributed by atoms with Crippen LogP contribution in [0.5, 0.6) is 0 Å². The molecule has 0 amide bonds. The molecule has 1 aliphatic rings. The first-order valence-corrected chi connectivity index (χ1v) is 5.99. The van der Waals surface area contributed by atoms with Crippen LogP contribution in [-0.2, 0) is 4.74 Å². The summed E-state index contributed by atoms with van der Waals surface area (Å²) in [4.78, 5) is 6.63. The molecule has 1 aliphatic heterocycles. The van der Waals surface area contributed by atoms with Gasteiger partial charge in [0.1, 0.15) is 11.9 Å². The number of anilines is 1. The summed E-state index contributed by atoms with van der Waals surface area (Å²) in [5, 5.41) is 8.76. The minimum absolute atomic E-state index is 0.232. The zero-order valence-electron chi connectivity index (χ0n) is 10.3. The van der Waals surface area contributed by atoms with Crippen LogP contribution in [0, 0.1) is 11.3 Å². The molecule has 0 radical (unpaired) electrons. The normalized spacial score (nSPS) is 24.4. The predicted molar refractivity (Wildman–Crippen MR) is 65.8 cm³/mol. The number of ether oxygens (including phenoxy) is 1. The van der Waals surface area contributed by atoms with Crippen LogP contribution < -0.4 is 4.90 Å². The van der Waals surface area contributed by atoms with Gasteiger partial charge in [0.05, 0.1) is 24.3 Å². The van der Waals surface area contributed by atoms with Crippen LogP contribution >= 0.6 is 0 Å². The number of nitrogens with zero attached hydrogens (tertiary/aromatic N) is 3. The van der Waals surface area contributed by atoms with E-state index in [2.05, 4.69) is 29.8 Å². The van der Waals surface area contributed by atoms with Gasteiger partial charge >= 0.3 is 0 Å². The molecular weight excluding hydrogens is 214 g/mol. The second kappa shape index (κ2) is 5.15. The van der Waals surface area contributed by atoms with Gasteiger partial charge in [0.25, 0.3) is 0 Å². The van der Waals surface area contributed by atoms with Crippen LogP contribution in [0.1, 0.15) is 25.8 Å². The second-order valence-corrected chi connectivity index (χ2v) is 4.38. The first kappa shape index (κ1) is 11.9. The molecule has 4 nitrogen and oxygen atoms in total. The van der Waals surface area contributed by atoms with Crippen molar-refractivity contribution in [3.05, 3.63) is 23.9 Å². The van der Waals surface area contributed by atoms with Crippen LogP contribution in [0.2, 0.25) is 0 Å². The third-order valence-electron chi connectivity index (χ3n) is 3.11. The van der Waals surface area contributed by atoms with Crippen molar-refractivity contribution in [2.24, 2.45) is 0 Å². The summed E-state index contributed by atoms with van der Waals surface area (Å²) in [6, 6.07) is 6.20. The Hall–Kier alpha value is -1.60. The van der Waals surface area contributed by atoms with Gasteiger partial charge < -0.3 is 9.64 Å². The van der Waals surface area contributed by atoms with E-state index in [1.807, 2.05) is 12.1 Å². The van der Waals surface area contributed by atoms with Crippen molar-refractivity contribution < 1.29 is 4.74 Å². The molecule has 2 unspecified atom stereocenters. The Kier molecular flexibility index (Phi) is 3.60. The Labute approximate surface area is 102 Å². The fourth-order valence-electron chi connectivity index (χ4n) is 2.09. The lowest BCUT2D eigenvalue weighted by Gasteiger charge is -2.39. The summed E-state index contributed by atoms with van der Waals surface area (Å²) in [5.74, 6) is 0.936. The maximum absolute atomic E-state index is 8.76. The van der Waals surface area contributed by atoms with E-state index in [0.29, 0.717) is 11.6 Å². The molecule has 90 valence electrons. The summed E-state index contributed by atoms with van der Waals surface area (Å²) in [5.41, 5.74) is 0.600. The van der Waals surface area contributed by atoms with Gasteiger partial charge in [0.2, 0.25) is 0 Å². The average Bonchev–Trinajstić information content (AvgIpc) is 2.39. The largest absolute Gasteiger partial charge is 0.375 e. The van der Waals surface area contributed by atoms with E-state index in [0.717, 1.165) is 25.4 Å². The maximum atomic E-state index is 8.76. The maximum Gasteiger partial charge on any atom is 0.128 e. The molecule has 17 heavy (non-hydrogen) atoms. The van der Waals surface area contributed by atoms with Crippen LogP contribution in [-0.4, -0.2) is 30.3 Å². The van der Waals surface area contributed by atoms with Crippen LogP contribution in [0.4, 0.5) is 5.82 Å². The van der Waals surface area contributed by atoms with Crippen LogP contribution in [0.15, 0.2) is 18.3 Å². The van der Waals surface area contributed by atoms with Gasteiger partial charge in [-0.3, -0.25) is 0 Å². The zero-order chi connectivity index (χ0) is 12.3. The van der Waals surface area contributed by atoms with Crippen LogP contribution in [0.25, 0.3) is 0 Å². The number of aromatic nitrogens is 1. The number of rotatable bonds is 2. The topological polar surface area (TPSA) is 49.1 Å².